The highest BCUT2D eigenvalue weighted by Crippen LogP contribution is 2.23. The predicted octanol–water partition coefficient (Wildman–Crippen LogP) is 2.35. The van der Waals surface area contributed by atoms with Gasteiger partial charge in [-0.2, -0.15) is 0 Å². The van der Waals surface area contributed by atoms with Gasteiger partial charge in [0, 0.05) is 6.20 Å². The van der Waals surface area contributed by atoms with Crippen molar-refractivity contribution in [2.75, 3.05) is 5.32 Å². The molecule has 1 amide bonds. The number of pyridine rings is 1. The SMILES string of the molecule is Cc1ccnc(Cl)c1NC(=O)c1ccc(CN)o1. The van der Waals surface area contributed by atoms with Crippen LogP contribution in [0.25, 0.3) is 0 Å². The summed E-state index contributed by atoms with van der Waals surface area (Å²) in [6, 6.07) is 4.98. The van der Waals surface area contributed by atoms with Gasteiger partial charge < -0.3 is 15.5 Å². The third kappa shape index (κ3) is 2.52. The van der Waals surface area contributed by atoms with Crippen molar-refractivity contribution in [1.29, 1.82) is 0 Å². The highest BCUT2D eigenvalue weighted by molar-refractivity contribution is 6.32. The fraction of sp³-hybridized carbons (Fsp3) is 0.167. The maximum absolute atomic E-state index is 11.9. The van der Waals surface area contributed by atoms with Crippen molar-refractivity contribution in [3.63, 3.8) is 0 Å². The molecule has 0 saturated carbocycles. The van der Waals surface area contributed by atoms with Crippen molar-refractivity contribution >= 4 is 23.2 Å². The predicted molar refractivity (Wildman–Crippen MR) is 68.5 cm³/mol. The number of amides is 1. The van der Waals surface area contributed by atoms with Gasteiger partial charge >= 0.3 is 0 Å². The summed E-state index contributed by atoms with van der Waals surface area (Å²) >= 11 is 5.92. The zero-order chi connectivity index (χ0) is 13.1. The first kappa shape index (κ1) is 12.6. The molecular weight excluding hydrogens is 254 g/mol. The second-order valence-corrected chi connectivity index (χ2v) is 4.08. The summed E-state index contributed by atoms with van der Waals surface area (Å²) in [7, 11) is 0. The minimum absolute atomic E-state index is 0.190. The number of nitrogens with zero attached hydrogens (tertiary/aromatic N) is 1. The number of nitrogens with one attached hydrogen (secondary N) is 1. The van der Waals surface area contributed by atoms with E-state index in [-0.39, 0.29) is 23.4 Å². The molecule has 0 bridgehead atoms. The van der Waals surface area contributed by atoms with Crippen LogP contribution in [0.1, 0.15) is 21.9 Å². The van der Waals surface area contributed by atoms with Gasteiger partial charge in [0.25, 0.3) is 5.91 Å². The number of carbonyl (C=O) groups is 1. The molecule has 0 aromatic carbocycles. The van der Waals surface area contributed by atoms with Crippen LogP contribution in [0.3, 0.4) is 0 Å². The Bertz CT molecular complexity index is 560. The summed E-state index contributed by atoms with van der Waals surface area (Å²) in [5, 5.41) is 2.91. The quantitative estimate of drug-likeness (QED) is 0.835. The average Bonchev–Trinajstić information content (AvgIpc) is 2.82. The standard InChI is InChI=1S/C12H12ClN3O2/c1-7-4-5-15-11(13)10(7)16-12(17)9-3-2-8(6-14)18-9/h2-5H,6,14H2,1H3,(H,16,17). The molecule has 2 aromatic heterocycles. The Labute approximate surface area is 109 Å². The van der Waals surface area contributed by atoms with Gasteiger partial charge in [-0.25, -0.2) is 4.98 Å². The van der Waals surface area contributed by atoms with Crippen LogP contribution in [0.5, 0.6) is 0 Å². The maximum Gasteiger partial charge on any atom is 0.291 e. The van der Waals surface area contributed by atoms with Crippen LogP contribution >= 0.6 is 11.6 Å². The minimum atomic E-state index is -0.382. The first-order chi connectivity index (χ1) is 8.61. The van der Waals surface area contributed by atoms with Gasteiger partial charge in [-0.15, -0.1) is 0 Å². The van der Waals surface area contributed by atoms with Crippen LogP contribution in [0.2, 0.25) is 5.15 Å². The molecule has 0 aliphatic rings. The third-order valence-electron chi connectivity index (χ3n) is 2.44. The number of halogens is 1. The molecule has 0 atom stereocenters. The molecule has 18 heavy (non-hydrogen) atoms. The van der Waals surface area contributed by atoms with Crippen LogP contribution in [-0.2, 0) is 6.54 Å². The normalized spacial score (nSPS) is 10.4. The summed E-state index contributed by atoms with van der Waals surface area (Å²) < 4.78 is 5.25. The number of nitrogens with two attached hydrogens (primary N) is 1. The number of furan rings is 1. The van der Waals surface area contributed by atoms with E-state index in [0.717, 1.165) is 5.56 Å². The molecule has 2 aromatic rings. The molecule has 5 nitrogen and oxygen atoms in total. The molecule has 0 saturated heterocycles. The Morgan fingerprint density at radius 3 is 2.89 bits per heavy atom. The summed E-state index contributed by atoms with van der Waals surface area (Å²) in [6.45, 7) is 2.08. The van der Waals surface area contributed by atoms with Crippen LogP contribution in [0, 0.1) is 6.92 Å². The lowest BCUT2D eigenvalue weighted by atomic mass is 10.2. The number of carbonyl (C=O) groups excluding carboxylic acids is 1. The largest absolute Gasteiger partial charge is 0.455 e. The first-order valence-corrected chi connectivity index (χ1v) is 5.71. The Hall–Kier alpha value is -1.85. The maximum atomic E-state index is 11.9. The number of aromatic nitrogens is 1. The van der Waals surface area contributed by atoms with Crippen molar-refractivity contribution in [1.82, 2.24) is 4.98 Å². The topological polar surface area (TPSA) is 81.2 Å². The zero-order valence-corrected chi connectivity index (χ0v) is 10.5. The summed E-state index contributed by atoms with van der Waals surface area (Å²) in [5.74, 6) is 0.358. The fourth-order valence-corrected chi connectivity index (χ4v) is 1.71. The van der Waals surface area contributed by atoms with E-state index in [2.05, 4.69) is 10.3 Å². The number of aryl methyl sites for hydroxylation is 1. The summed E-state index contributed by atoms with van der Waals surface area (Å²) in [6.07, 6.45) is 1.58. The smallest absolute Gasteiger partial charge is 0.291 e. The minimum Gasteiger partial charge on any atom is -0.455 e. The molecule has 0 radical (unpaired) electrons. The summed E-state index contributed by atoms with van der Waals surface area (Å²) in [4.78, 5) is 15.8. The second kappa shape index (κ2) is 5.20. The second-order valence-electron chi connectivity index (χ2n) is 3.72. The highest BCUT2D eigenvalue weighted by Gasteiger charge is 2.14. The van der Waals surface area contributed by atoms with E-state index in [1.165, 1.54) is 0 Å². The van der Waals surface area contributed by atoms with E-state index in [1.54, 1.807) is 24.4 Å². The van der Waals surface area contributed by atoms with Crippen molar-refractivity contribution in [2.24, 2.45) is 5.73 Å². The van der Waals surface area contributed by atoms with E-state index >= 15 is 0 Å². The molecule has 0 aliphatic carbocycles. The van der Waals surface area contributed by atoms with Crippen LogP contribution in [0.15, 0.2) is 28.8 Å². The Kier molecular flexibility index (Phi) is 3.64. The van der Waals surface area contributed by atoms with Gasteiger partial charge in [0.05, 0.1) is 12.2 Å². The molecule has 6 heteroatoms. The van der Waals surface area contributed by atoms with Gasteiger partial charge in [-0.05, 0) is 30.7 Å². The number of anilines is 1. The van der Waals surface area contributed by atoms with E-state index in [9.17, 15) is 4.79 Å². The number of hydrogen-bond donors (Lipinski definition) is 2. The summed E-state index contributed by atoms with van der Waals surface area (Å²) in [5.41, 5.74) is 6.72. The van der Waals surface area contributed by atoms with Crippen LogP contribution in [-0.4, -0.2) is 10.9 Å². The van der Waals surface area contributed by atoms with E-state index < -0.39 is 0 Å². The molecule has 0 aliphatic heterocycles. The number of hydrogen-bond acceptors (Lipinski definition) is 4. The molecule has 94 valence electrons. The van der Waals surface area contributed by atoms with Crippen molar-refractivity contribution in [2.45, 2.75) is 13.5 Å². The van der Waals surface area contributed by atoms with Crippen molar-refractivity contribution in [3.8, 4) is 0 Å². The van der Waals surface area contributed by atoms with Gasteiger partial charge in [0.2, 0.25) is 0 Å². The molecule has 3 N–H and O–H groups in total. The number of rotatable bonds is 3. The van der Waals surface area contributed by atoms with Gasteiger partial charge in [-0.3, -0.25) is 4.79 Å². The molecule has 0 spiro atoms. The highest BCUT2D eigenvalue weighted by atomic mass is 35.5. The Morgan fingerprint density at radius 1 is 1.50 bits per heavy atom. The molecule has 2 heterocycles. The Balaban J connectivity index is 2.21. The first-order valence-electron chi connectivity index (χ1n) is 5.33. The fourth-order valence-electron chi connectivity index (χ4n) is 1.46. The molecule has 0 unspecified atom stereocenters. The van der Waals surface area contributed by atoms with Crippen molar-refractivity contribution in [3.05, 3.63) is 46.6 Å². The Morgan fingerprint density at radius 2 is 2.28 bits per heavy atom. The zero-order valence-electron chi connectivity index (χ0n) is 9.74. The van der Waals surface area contributed by atoms with Gasteiger partial charge in [0.15, 0.2) is 10.9 Å². The lowest BCUT2D eigenvalue weighted by Crippen LogP contribution is -2.12. The lowest BCUT2D eigenvalue weighted by Gasteiger charge is -2.07. The average molecular weight is 266 g/mol. The monoisotopic (exact) mass is 265 g/mol. The molecule has 0 fully saturated rings. The lowest BCUT2D eigenvalue weighted by molar-refractivity contribution is 0.0995. The van der Waals surface area contributed by atoms with E-state index in [0.29, 0.717) is 11.4 Å². The molecule has 2 rings (SSSR count). The third-order valence-corrected chi connectivity index (χ3v) is 2.72. The van der Waals surface area contributed by atoms with Crippen molar-refractivity contribution < 1.29 is 9.21 Å². The van der Waals surface area contributed by atoms with E-state index in [4.69, 9.17) is 21.8 Å². The van der Waals surface area contributed by atoms with Crippen LogP contribution < -0.4 is 11.1 Å². The van der Waals surface area contributed by atoms with E-state index in [1.807, 2.05) is 6.92 Å². The van der Waals surface area contributed by atoms with Gasteiger partial charge in [-0.1, -0.05) is 11.6 Å². The van der Waals surface area contributed by atoms with Crippen LogP contribution in [0.4, 0.5) is 5.69 Å². The van der Waals surface area contributed by atoms with Gasteiger partial charge in [0.1, 0.15) is 5.76 Å². The molecular formula is C12H12ClN3O2.